The summed E-state index contributed by atoms with van der Waals surface area (Å²) in [6.45, 7) is 0. The number of nitriles is 1. The summed E-state index contributed by atoms with van der Waals surface area (Å²) in [4.78, 5) is 11.4. The number of nitrogens with zero attached hydrogens (tertiary/aromatic N) is 1. The summed E-state index contributed by atoms with van der Waals surface area (Å²) in [5, 5.41) is 14.8. The Morgan fingerprint density at radius 2 is 2.10 bits per heavy atom. The van der Waals surface area contributed by atoms with Crippen LogP contribution >= 0.6 is 0 Å². The lowest BCUT2D eigenvalue weighted by molar-refractivity contribution is -0.115. The first kappa shape index (κ1) is 12.9. The predicted molar refractivity (Wildman–Crippen MR) is 77.6 cm³/mol. The fraction of sp³-hybridized carbons (Fsp3) is 0.0667. The molecule has 0 saturated carbocycles. The lowest BCUT2D eigenvalue weighted by Gasteiger charge is -2.12. The second-order valence-electron chi connectivity index (χ2n) is 4.75. The van der Waals surface area contributed by atoms with Gasteiger partial charge in [0, 0.05) is 5.69 Å². The van der Waals surface area contributed by atoms with Crippen LogP contribution in [0.3, 0.4) is 0 Å². The monoisotopic (exact) mass is 282 g/mol. The van der Waals surface area contributed by atoms with Crippen LogP contribution in [0.4, 0.5) is 27.1 Å². The molecule has 1 aliphatic heterocycles. The van der Waals surface area contributed by atoms with E-state index in [0.717, 1.165) is 11.6 Å². The Labute approximate surface area is 120 Å². The number of halogens is 1. The van der Waals surface area contributed by atoms with Gasteiger partial charge in [0.1, 0.15) is 11.9 Å². The number of hydrogen-bond donors (Lipinski definition) is 3. The van der Waals surface area contributed by atoms with Crippen molar-refractivity contribution in [3.8, 4) is 6.07 Å². The molecule has 0 unspecified atom stereocenters. The summed E-state index contributed by atoms with van der Waals surface area (Å²) in [6, 6.07) is 9.22. The summed E-state index contributed by atoms with van der Waals surface area (Å²) >= 11 is 0. The minimum Gasteiger partial charge on any atom is -0.397 e. The summed E-state index contributed by atoms with van der Waals surface area (Å²) in [5.41, 5.74) is 9.12. The van der Waals surface area contributed by atoms with Gasteiger partial charge in [-0.1, -0.05) is 0 Å². The highest BCUT2D eigenvalue weighted by Gasteiger charge is 2.19. The quantitative estimate of drug-likeness (QED) is 0.738. The van der Waals surface area contributed by atoms with E-state index in [9.17, 15) is 9.18 Å². The van der Waals surface area contributed by atoms with Gasteiger partial charge in [-0.25, -0.2) is 4.39 Å². The number of rotatable bonds is 2. The highest BCUT2D eigenvalue weighted by atomic mass is 19.1. The molecule has 5 nitrogen and oxygen atoms in total. The Bertz CT molecular complexity index is 795. The number of nitrogen functional groups attached to an aromatic ring is 1. The van der Waals surface area contributed by atoms with Crippen LogP contribution in [-0.4, -0.2) is 5.91 Å². The van der Waals surface area contributed by atoms with Crippen LogP contribution < -0.4 is 16.4 Å². The van der Waals surface area contributed by atoms with Gasteiger partial charge in [0.25, 0.3) is 0 Å². The molecule has 2 aromatic rings. The minimum absolute atomic E-state index is 0.0824. The first-order valence-corrected chi connectivity index (χ1v) is 6.26. The predicted octanol–water partition coefficient (Wildman–Crippen LogP) is 2.52. The van der Waals surface area contributed by atoms with Gasteiger partial charge in [-0.3, -0.25) is 4.79 Å². The van der Waals surface area contributed by atoms with Crippen LogP contribution in [0.5, 0.6) is 0 Å². The molecule has 0 aliphatic carbocycles. The number of benzene rings is 2. The zero-order valence-corrected chi connectivity index (χ0v) is 10.9. The Kier molecular flexibility index (Phi) is 2.95. The molecule has 3 rings (SSSR count). The van der Waals surface area contributed by atoms with Gasteiger partial charge >= 0.3 is 0 Å². The molecule has 1 amide bonds. The molecule has 21 heavy (non-hydrogen) atoms. The zero-order chi connectivity index (χ0) is 15.0. The van der Waals surface area contributed by atoms with Gasteiger partial charge in [-0.15, -0.1) is 0 Å². The average molecular weight is 282 g/mol. The van der Waals surface area contributed by atoms with Crippen molar-refractivity contribution in [2.24, 2.45) is 0 Å². The third-order valence-corrected chi connectivity index (χ3v) is 3.27. The number of fused-ring (bicyclic) bond motifs is 1. The Morgan fingerprint density at radius 1 is 1.29 bits per heavy atom. The van der Waals surface area contributed by atoms with Crippen LogP contribution in [-0.2, 0) is 11.2 Å². The minimum atomic E-state index is -0.480. The number of nitrogens with one attached hydrogen (secondary N) is 2. The van der Waals surface area contributed by atoms with E-state index in [1.807, 2.05) is 6.07 Å². The number of carbonyl (C=O) groups excluding carboxylic acids is 1. The van der Waals surface area contributed by atoms with Gasteiger partial charge in [-0.05, 0) is 35.9 Å². The fourth-order valence-electron chi connectivity index (χ4n) is 2.26. The second-order valence-corrected chi connectivity index (χ2v) is 4.75. The summed E-state index contributed by atoms with van der Waals surface area (Å²) in [5.74, 6) is -0.563. The molecule has 4 N–H and O–H groups in total. The molecule has 1 heterocycles. The maximum atomic E-state index is 13.1. The molecule has 0 atom stereocenters. The van der Waals surface area contributed by atoms with Crippen molar-refractivity contribution in [2.75, 3.05) is 16.4 Å². The van der Waals surface area contributed by atoms with Crippen molar-refractivity contribution in [2.45, 2.75) is 6.42 Å². The van der Waals surface area contributed by atoms with Crippen LogP contribution in [0.1, 0.15) is 11.1 Å². The number of hydrogen-bond acceptors (Lipinski definition) is 4. The van der Waals surface area contributed by atoms with Crippen LogP contribution in [0.25, 0.3) is 0 Å². The van der Waals surface area contributed by atoms with Gasteiger partial charge in [0.2, 0.25) is 5.91 Å². The summed E-state index contributed by atoms with van der Waals surface area (Å²) < 4.78 is 13.1. The Morgan fingerprint density at radius 3 is 2.86 bits per heavy atom. The van der Waals surface area contributed by atoms with Gasteiger partial charge in [-0.2, -0.15) is 5.26 Å². The van der Waals surface area contributed by atoms with E-state index in [0.29, 0.717) is 29.2 Å². The Hall–Kier alpha value is -3.07. The van der Waals surface area contributed by atoms with Crippen molar-refractivity contribution in [3.05, 3.63) is 47.3 Å². The molecular weight excluding hydrogens is 271 g/mol. The maximum absolute atomic E-state index is 13.1. The fourth-order valence-corrected chi connectivity index (χ4v) is 2.26. The van der Waals surface area contributed by atoms with Gasteiger partial charge < -0.3 is 16.4 Å². The van der Waals surface area contributed by atoms with E-state index in [4.69, 9.17) is 11.0 Å². The first-order chi connectivity index (χ1) is 10.1. The molecule has 0 spiro atoms. The van der Waals surface area contributed by atoms with E-state index in [1.54, 1.807) is 12.1 Å². The standard InChI is InChI=1S/C15H11FN4O/c16-10-1-2-12(9(3-10)7-17)19-14-6-13-8(4-11(14)18)5-15(21)20-13/h1-4,6,19H,5,18H2,(H,20,21). The third kappa shape index (κ3) is 2.37. The van der Waals surface area contributed by atoms with Crippen molar-refractivity contribution >= 4 is 28.7 Å². The zero-order valence-electron chi connectivity index (χ0n) is 10.9. The number of anilines is 4. The molecule has 2 aromatic carbocycles. The van der Waals surface area contributed by atoms with Gasteiger partial charge in [0.05, 0.1) is 29.0 Å². The molecule has 0 bridgehead atoms. The lowest BCUT2D eigenvalue weighted by atomic mass is 10.1. The normalized spacial score (nSPS) is 12.5. The molecule has 0 aromatic heterocycles. The smallest absolute Gasteiger partial charge is 0.228 e. The topological polar surface area (TPSA) is 90.9 Å². The van der Waals surface area contributed by atoms with Crippen LogP contribution in [0.15, 0.2) is 30.3 Å². The third-order valence-electron chi connectivity index (χ3n) is 3.27. The molecular formula is C15H11FN4O. The van der Waals surface area contributed by atoms with Crippen molar-refractivity contribution in [1.29, 1.82) is 5.26 Å². The number of nitrogens with two attached hydrogens (primary N) is 1. The maximum Gasteiger partial charge on any atom is 0.228 e. The highest BCUT2D eigenvalue weighted by molar-refractivity contribution is 6.01. The average Bonchev–Trinajstić information content (AvgIpc) is 2.80. The molecule has 0 saturated heterocycles. The number of carbonyl (C=O) groups is 1. The largest absolute Gasteiger partial charge is 0.397 e. The second kappa shape index (κ2) is 4.80. The lowest BCUT2D eigenvalue weighted by Crippen LogP contribution is -2.03. The van der Waals surface area contributed by atoms with E-state index < -0.39 is 5.82 Å². The van der Waals surface area contributed by atoms with Crippen molar-refractivity contribution in [3.63, 3.8) is 0 Å². The molecule has 6 heteroatoms. The Balaban J connectivity index is 1.98. The molecule has 1 aliphatic rings. The first-order valence-electron chi connectivity index (χ1n) is 6.26. The highest BCUT2D eigenvalue weighted by Crippen LogP contribution is 2.33. The SMILES string of the molecule is N#Cc1cc(F)ccc1Nc1cc2c(cc1N)CC(=O)N2. The molecule has 0 radical (unpaired) electrons. The summed E-state index contributed by atoms with van der Waals surface area (Å²) in [7, 11) is 0. The van der Waals surface area contributed by atoms with Gasteiger partial charge in [0.15, 0.2) is 0 Å². The van der Waals surface area contributed by atoms with Crippen LogP contribution in [0.2, 0.25) is 0 Å². The number of amides is 1. The summed E-state index contributed by atoms with van der Waals surface area (Å²) in [6.07, 6.45) is 0.305. The van der Waals surface area contributed by atoms with E-state index >= 15 is 0 Å². The van der Waals surface area contributed by atoms with Crippen LogP contribution in [0, 0.1) is 17.1 Å². The molecule has 104 valence electrons. The molecule has 0 fully saturated rings. The van der Waals surface area contributed by atoms with E-state index in [2.05, 4.69) is 10.6 Å². The van der Waals surface area contributed by atoms with Crippen molar-refractivity contribution in [1.82, 2.24) is 0 Å². The van der Waals surface area contributed by atoms with Crippen molar-refractivity contribution < 1.29 is 9.18 Å². The van der Waals surface area contributed by atoms with E-state index in [1.165, 1.54) is 12.1 Å². The van der Waals surface area contributed by atoms with E-state index in [-0.39, 0.29) is 11.5 Å².